The van der Waals surface area contributed by atoms with Crippen LogP contribution in [-0.4, -0.2) is 26.6 Å². The SMILES string of the molecule is CC1(C)CCC(C)(C)c2cc(C(=O)Nc3cc(F)c(N4CCCS4(=O)=O)c(F)c3)ccc21. The van der Waals surface area contributed by atoms with Gasteiger partial charge in [-0.3, -0.25) is 9.10 Å². The van der Waals surface area contributed by atoms with E-state index >= 15 is 0 Å². The summed E-state index contributed by atoms with van der Waals surface area (Å²) in [5.41, 5.74) is 1.98. The van der Waals surface area contributed by atoms with E-state index in [0.29, 0.717) is 12.0 Å². The Bertz CT molecular complexity index is 1180. The lowest BCUT2D eigenvalue weighted by Crippen LogP contribution is -2.34. The van der Waals surface area contributed by atoms with Crippen molar-refractivity contribution in [2.24, 2.45) is 0 Å². The van der Waals surface area contributed by atoms with Gasteiger partial charge in [0.2, 0.25) is 10.0 Å². The van der Waals surface area contributed by atoms with Crippen LogP contribution in [0.1, 0.15) is 68.4 Å². The van der Waals surface area contributed by atoms with Crippen LogP contribution in [0.3, 0.4) is 0 Å². The predicted molar refractivity (Wildman–Crippen MR) is 122 cm³/mol. The monoisotopic (exact) mass is 462 g/mol. The highest BCUT2D eigenvalue weighted by atomic mass is 32.2. The van der Waals surface area contributed by atoms with Gasteiger partial charge in [-0.05, 0) is 65.5 Å². The van der Waals surface area contributed by atoms with Crippen LogP contribution in [0.5, 0.6) is 0 Å². The number of sulfonamides is 1. The number of carbonyl (C=O) groups is 1. The number of benzene rings is 2. The van der Waals surface area contributed by atoms with Crippen LogP contribution in [0.4, 0.5) is 20.2 Å². The fraction of sp³-hybridized carbons (Fsp3) is 0.458. The van der Waals surface area contributed by atoms with Gasteiger partial charge >= 0.3 is 0 Å². The Morgan fingerprint density at radius 2 is 1.56 bits per heavy atom. The lowest BCUT2D eigenvalue weighted by atomic mass is 9.63. The highest BCUT2D eigenvalue weighted by Crippen LogP contribution is 2.46. The van der Waals surface area contributed by atoms with Crippen molar-refractivity contribution >= 4 is 27.3 Å². The van der Waals surface area contributed by atoms with Gasteiger partial charge < -0.3 is 5.32 Å². The average molecular weight is 463 g/mol. The predicted octanol–water partition coefficient (Wildman–Crippen LogP) is 5.11. The smallest absolute Gasteiger partial charge is 0.255 e. The standard InChI is InChI=1S/C24H28F2N2O3S/c1-23(2)8-9-24(3,4)18-12-15(6-7-17(18)23)22(29)27-16-13-19(25)21(20(26)14-16)28-10-5-11-32(28,30)31/h6-7,12-14H,5,8-11H2,1-4H3,(H,27,29). The number of amides is 1. The Morgan fingerprint density at radius 3 is 2.12 bits per heavy atom. The first kappa shape index (κ1) is 22.7. The van der Waals surface area contributed by atoms with Gasteiger partial charge in [0.25, 0.3) is 5.91 Å². The molecule has 1 amide bonds. The van der Waals surface area contributed by atoms with E-state index in [1.165, 1.54) is 5.56 Å². The number of hydrogen-bond donors (Lipinski definition) is 1. The van der Waals surface area contributed by atoms with E-state index in [0.717, 1.165) is 34.8 Å². The zero-order chi connectivity index (χ0) is 23.5. The molecule has 4 rings (SSSR count). The molecule has 0 aromatic heterocycles. The Hall–Kier alpha value is -2.48. The Morgan fingerprint density at radius 1 is 0.969 bits per heavy atom. The summed E-state index contributed by atoms with van der Waals surface area (Å²) in [6.45, 7) is 8.71. The second-order valence-corrected chi connectivity index (χ2v) is 12.0. The summed E-state index contributed by atoms with van der Waals surface area (Å²) in [6, 6.07) is 7.47. The van der Waals surface area contributed by atoms with Crippen molar-refractivity contribution in [2.75, 3.05) is 21.9 Å². The van der Waals surface area contributed by atoms with Crippen molar-refractivity contribution in [1.82, 2.24) is 0 Å². The Labute approximate surface area is 187 Å². The molecule has 172 valence electrons. The molecule has 0 spiro atoms. The fourth-order valence-corrected chi connectivity index (χ4v) is 6.27. The molecule has 1 saturated heterocycles. The van der Waals surface area contributed by atoms with Crippen LogP contribution in [0.25, 0.3) is 0 Å². The van der Waals surface area contributed by atoms with Crippen LogP contribution in [-0.2, 0) is 20.9 Å². The van der Waals surface area contributed by atoms with Crippen molar-refractivity contribution in [3.8, 4) is 0 Å². The molecule has 0 bridgehead atoms. The second-order valence-electron chi connectivity index (χ2n) is 10.0. The molecule has 1 heterocycles. The summed E-state index contributed by atoms with van der Waals surface area (Å²) in [5.74, 6) is -2.68. The van der Waals surface area contributed by atoms with E-state index in [9.17, 15) is 22.0 Å². The van der Waals surface area contributed by atoms with E-state index in [2.05, 4.69) is 33.0 Å². The van der Waals surface area contributed by atoms with Gasteiger partial charge in [0, 0.05) is 17.8 Å². The van der Waals surface area contributed by atoms with Crippen molar-refractivity contribution in [3.63, 3.8) is 0 Å². The average Bonchev–Trinajstić information content (AvgIpc) is 3.03. The Balaban J connectivity index is 1.63. The van der Waals surface area contributed by atoms with Crippen LogP contribution in [0, 0.1) is 11.6 Å². The highest BCUT2D eigenvalue weighted by Gasteiger charge is 2.37. The lowest BCUT2D eigenvalue weighted by molar-refractivity contribution is 0.102. The number of nitrogens with zero attached hydrogens (tertiary/aromatic N) is 1. The lowest BCUT2D eigenvalue weighted by Gasteiger charge is -2.42. The normalized spacial score (nSPS) is 20.6. The molecule has 5 nitrogen and oxygen atoms in total. The minimum Gasteiger partial charge on any atom is -0.322 e. The van der Waals surface area contributed by atoms with E-state index in [1.54, 1.807) is 6.07 Å². The van der Waals surface area contributed by atoms with Crippen molar-refractivity contribution in [3.05, 3.63) is 58.7 Å². The molecule has 0 saturated carbocycles. The van der Waals surface area contributed by atoms with E-state index in [-0.39, 0.29) is 28.8 Å². The zero-order valence-electron chi connectivity index (χ0n) is 18.8. The third-order valence-electron chi connectivity index (χ3n) is 6.74. The summed E-state index contributed by atoms with van der Waals surface area (Å²) in [5, 5.41) is 2.55. The van der Waals surface area contributed by atoms with Gasteiger partial charge in [-0.1, -0.05) is 33.8 Å². The number of anilines is 2. The van der Waals surface area contributed by atoms with Gasteiger partial charge in [-0.25, -0.2) is 17.2 Å². The molecule has 2 aliphatic rings. The molecule has 1 fully saturated rings. The molecule has 0 unspecified atom stereocenters. The zero-order valence-corrected chi connectivity index (χ0v) is 19.6. The summed E-state index contributed by atoms with van der Waals surface area (Å²) < 4.78 is 54.2. The molecular weight excluding hydrogens is 434 g/mol. The number of rotatable bonds is 3. The van der Waals surface area contributed by atoms with Gasteiger partial charge in [0.05, 0.1) is 5.75 Å². The van der Waals surface area contributed by atoms with Crippen LogP contribution in [0.2, 0.25) is 0 Å². The minimum absolute atomic E-state index is 0.0118. The summed E-state index contributed by atoms with van der Waals surface area (Å²) in [6.07, 6.45) is 2.36. The van der Waals surface area contributed by atoms with Crippen LogP contribution in [0.15, 0.2) is 30.3 Å². The maximum absolute atomic E-state index is 14.7. The molecule has 1 N–H and O–H groups in total. The highest BCUT2D eigenvalue weighted by molar-refractivity contribution is 7.93. The molecule has 0 radical (unpaired) electrons. The van der Waals surface area contributed by atoms with Gasteiger partial charge in [0.15, 0.2) is 11.6 Å². The maximum Gasteiger partial charge on any atom is 0.255 e. The molecule has 2 aromatic carbocycles. The van der Waals surface area contributed by atoms with E-state index in [4.69, 9.17) is 0 Å². The van der Waals surface area contributed by atoms with Gasteiger partial charge in [-0.2, -0.15) is 0 Å². The molecule has 1 aliphatic carbocycles. The summed E-state index contributed by atoms with van der Waals surface area (Å²) in [7, 11) is -3.73. The van der Waals surface area contributed by atoms with Crippen LogP contribution >= 0.6 is 0 Å². The van der Waals surface area contributed by atoms with Crippen molar-refractivity contribution in [1.29, 1.82) is 0 Å². The summed E-state index contributed by atoms with van der Waals surface area (Å²) in [4.78, 5) is 12.9. The van der Waals surface area contributed by atoms with Crippen molar-refractivity contribution in [2.45, 2.75) is 57.8 Å². The molecule has 8 heteroatoms. The van der Waals surface area contributed by atoms with Gasteiger partial charge in [-0.15, -0.1) is 0 Å². The largest absolute Gasteiger partial charge is 0.322 e. The molecule has 2 aromatic rings. The first-order valence-corrected chi connectivity index (χ1v) is 12.4. The first-order chi connectivity index (χ1) is 14.8. The second kappa shape index (κ2) is 7.54. The first-order valence-electron chi connectivity index (χ1n) is 10.8. The molecule has 1 aliphatic heterocycles. The van der Waals surface area contributed by atoms with Crippen LogP contribution < -0.4 is 9.62 Å². The number of halogens is 2. The van der Waals surface area contributed by atoms with Crippen molar-refractivity contribution < 1.29 is 22.0 Å². The third kappa shape index (κ3) is 3.89. The topological polar surface area (TPSA) is 66.5 Å². The number of nitrogens with one attached hydrogen (secondary N) is 1. The maximum atomic E-state index is 14.7. The number of hydrogen-bond acceptors (Lipinski definition) is 3. The molecule has 0 atom stereocenters. The quantitative estimate of drug-likeness (QED) is 0.690. The molecular formula is C24H28F2N2O3S. The van der Waals surface area contributed by atoms with E-state index in [1.807, 2.05) is 12.1 Å². The fourth-order valence-electron chi connectivity index (χ4n) is 4.70. The summed E-state index contributed by atoms with van der Waals surface area (Å²) >= 11 is 0. The third-order valence-corrected chi connectivity index (χ3v) is 8.58. The number of carbonyl (C=O) groups excluding carboxylic acids is 1. The Kier molecular flexibility index (Phi) is 5.35. The molecule has 32 heavy (non-hydrogen) atoms. The van der Waals surface area contributed by atoms with Gasteiger partial charge in [0.1, 0.15) is 5.69 Å². The minimum atomic E-state index is -3.73. The van der Waals surface area contributed by atoms with E-state index < -0.39 is 33.3 Å². The number of fused-ring (bicyclic) bond motifs is 1.